The number of aryl methyl sites for hydroxylation is 2. The van der Waals surface area contributed by atoms with Crippen molar-refractivity contribution in [3.8, 4) is 0 Å². The second kappa shape index (κ2) is 7.72. The molecule has 1 unspecified atom stereocenters. The molecule has 1 aromatic heterocycles. The van der Waals surface area contributed by atoms with Crippen molar-refractivity contribution >= 4 is 11.7 Å². The average Bonchev–Trinajstić information content (AvgIpc) is 2.79. The lowest BCUT2D eigenvalue weighted by atomic mass is 10.1. The summed E-state index contributed by atoms with van der Waals surface area (Å²) in [6.45, 7) is 0.767. The Morgan fingerprint density at radius 2 is 2.00 bits per heavy atom. The maximum absolute atomic E-state index is 12.0. The van der Waals surface area contributed by atoms with Crippen LogP contribution in [0.1, 0.15) is 30.7 Å². The monoisotopic (exact) mass is 310 g/mol. The fraction of sp³-hybridized carbons (Fsp3) is 0.389. The second-order valence-electron chi connectivity index (χ2n) is 5.83. The SMILES string of the molecule is O=C1NCCCCC1Nc1ccnc(CCc2ccccc2)n1. The molecule has 0 bridgehead atoms. The molecule has 120 valence electrons. The van der Waals surface area contributed by atoms with Crippen LogP contribution in [0, 0.1) is 0 Å². The van der Waals surface area contributed by atoms with Crippen molar-refractivity contribution in [1.82, 2.24) is 15.3 Å². The van der Waals surface area contributed by atoms with Crippen molar-refractivity contribution in [2.24, 2.45) is 0 Å². The molecule has 1 atom stereocenters. The Balaban J connectivity index is 1.61. The number of carbonyl (C=O) groups excluding carboxylic acids is 1. The van der Waals surface area contributed by atoms with Gasteiger partial charge in [0, 0.05) is 19.2 Å². The van der Waals surface area contributed by atoms with Gasteiger partial charge in [-0.2, -0.15) is 0 Å². The number of anilines is 1. The molecule has 5 heteroatoms. The first-order valence-electron chi connectivity index (χ1n) is 8.21. The van der Waals surface area contributed by atoms with Crippen molar-refractivity contribution in [3.63, 3.8) is 0 Å². The quantitative estimate of drug-likeness (QED) is 0.889. The summed E-state index contributed by atoms with van der Waals surface area (Å²) in [5.74, 6) is 1.59. The van der Waals surface area contributed by atoms with Crippen LogP contribution in [-0.4, -0.2) is 28.5 Å². The number of nitrogens with zero attached hydrogens (tertiary/aromatic N) is 2. The summed E-state index contributed by atoms with van der Waals surface area (Å²) in [5, 5.41) is 6.18. The molecule has 2 N–H and O–H groups in total. The van der Waals surface area contributed by atoms with Gasteiger partial charge in [-0.05, 0) is 37.3 Å². The van der Waals surface area contributed by atoms with Crippen LogP contribution in [0.15, 0.2) is 42.6 Å². The minimum Gasteiger partial charge on any atom is -0.358 e. The van der Waals surface area contributed by atoms with E-state index in [-0.39, 0.29) is 11.9 Å². The standard InChI is InChI=1S/C18H22N4O/c23-18-15(8-4-5-12-20-18)21-17-11-13-19-16(22-17)10-9-14-6-2-1-3-7-14/h1-3,6-7,11,13,15H,4-5,8-10,12H2,(H,20,23)(H,19,21,22). The molecule has 3 rings (SSSR count). The average molecular weight is 310 g/mol. The first-order valence-corrected chi connectivity index (χ1v) is 8.21. The van der Waals surface area contributed by atoms with E-state index in [1.165, 1.54) is 5.56 Å². The van der Waals surface area contributed by atoms with Gasteiger partial charge in [-0.1, -0.05) is 30.3 Å². The van der Waals surface area contributed by atoms with Crippen LogP contribution >= 0.6 is 0 Å². The highest BCUT2D eigenvalue weighted by molar-refractivity contribution is 5.84. The van der Waals surface area contributed by atoms with Gasteiger partial charge < -0.3 is 10.6 Å². The van der Waals surface area contributed by atoms with E-state index in [1.54, 1.807) is 6.20 Å². The fourth-order valence-corrected chi connectivity index (χ4v) is 2.76. The summed E-state index contributed by atoms with van der Waals surface area (Å²) in [4.78, 5) is 20.9. The summed E-state index contributed by atoms with van der Waals surface area (Å²) < 4.78 is 0. The van der Waals surface area contributed by atoms with E-state index in [1.807, 2.05) is 24.3 Å². The lowest BCUT2D eigenvalue weighted by Gasteiger charge is -2.16. The number of hydrogen-bond donors (Lipinski definition) is 2. The molecule has 1 saturated heterocycles. The van der Waals surface area contributed by atoms with Crippen molar-refractivity contribution in [1.29, 1.82) is 0 Å². The highest BCUT2D eigenvalue weighted by Crippen LogP contribution is 2.12. The van der Waals surface area contributed by atoms with Gasteiger partial charge in [0.2, 0.25) is 5.91 Å². The van der Waals surface area contributed by atoms with Crippen LogP contribution < -0.4 is 10.6 Å². The predicted octanol–water partition coefficient (Wildman–Crippen LogP) is 2.34. The van der Waals surface area contributed by atoms with Crippen molar-refractivity contribution in [2.75, 3.05) is 11.9 Å². The van der Waals surface area contributed by atoms with Gasteiger partial charge in [0.15, 0.2) is 0 Å². The molecule has 2 heterocycles. The van der Waals surface area contributed by atoms with E-state index in [0.717, 1.165) is 50.3 Å². The molecule has 5 nitrogen and oxygen atoms in total. The Bertz CT molecular complexity index is 644. The van der Waals surface area contributed by atoms with Crippen LogP contribution in [-0.2, 0) is 17.6 Å². The molecule has 1 aromatic carbocycles. The van der Waals surface area contributed by atoms with Gasteiger partial charge in [-0.15, -0.1) is 0 Å². The van der Waals surface area contributed by atoms with Gasteiger partial charge in [0.25, 0.3) is 0 Å². The molecule has 0 saturated carbocycles. The molecule has 23 heavy (non-hydrogen) atoms. The Kier molecular flexibility index (Phi) is 5.19. The molecule has 1 amide bonds. The van der Waals surface area contributed by atoms with Gasteiger partial charge in [-0.3, -0.25) is 4.79 Å². The number of amides is 1. The van der Waals surface area contributed by atoms with E-state index in [4.69, 9.17) is 0 Å². The maximum Gasteiger partial charge on any atom is 0.242 e. The second-order valence-corrected chi connectivity index (χ2v) is 5.83. The Hall–Kier alpha value is -2.43. The molecule has 1 aliphatic rings. The molecular weight excluding hydrogens is 288 g/mol. The molecule has 1 fully saturated rings. The summed E-state index contributed by atoms with van der Waals surface area (Å²) in [5.41, 5.74) is 1.28. The first-order chi connectivity index (χ1) is 11.3. The number of hydrogen-bond acceptors (Lipinski definition) is 4. The number of nitrogens with one attached hydrogen (secondary N) is 2. The summed E-state index contributed by atoms with van der Waals surface area (Å²) in [6, 6.07) is 11.9. The number of carbonyl (C=O) groups is 1. The van der Waals surface area contributed by atoms with Gasteiger partial charge >= 0.3 is 0 Å². The van der Waals surface area contributed by atoms with E-state index in [9.17, 15) is 4.79 Å². The third-order valence-electron chi connectivity index (χ3n) is 4.04. The van der Waals surface area contributed by atoms with Crippen molar-refractivity contribution < 1.29 is 4.79 Å². The minimum absolute atomic E-state index is 0.0620. The lowest BCUT2D eigenvalue weighted by Crippen LogP contribution is -2.38. The Morgan fingerprint density at radius 1 is 1.13 bits per heavy atom. The highest BCUT2D eigenvalue weighted by atomic mass is 16.2. The summed E-state index contributed by atoms with van der Waals surface area (Å²) >= 11 is 0. The summed E-state index contributed by atoms with van der Waals surface area (Å²) in [7, 11) is 0. The van der Waals surface area contributed by atoms with Crippen LogP contribution in [0.4, 0.5) is 5.82 Å². The van der Waals surface area contributed by atoms with Crippen LogP contribution in [0.5, 0.6) is 0 Å². The molecule has 0 aliphatic carbocycles. The maximum atomic E-state index is 12.0. The van der Waals surface area contributed by atoms with Gasteiger partial charge in [-0.25, -0.2) is 9.97 Å². The highest BCUT2D eigenvalue weighted by Gasteiger charge is 2.20. The normalized spacial score (nSPS) is 18.1. The van der Waals surface area contributed by atoms with Crippen molar-refractivity contribution in [2.45, 2.75) is 38.1 Å². The van der Waals surface area contributed by atoms with Crippen LogP contribution in [0.3, 0.4) is 0 Å². The Morgan fingerprint density at radius 3 is 2.87 bits per heavy atom. The Labute approximate surface area is 136 Å². The molecule has 1 aliphatic heterocycles. The first kappa shape index (κ1) is 15.5. The third-order valence-corrected chi connectivity index (χ3v) is 4.04. The smallest absolute Gasteiger partial charge is 0.242 e. The van der Waals surface area contributed by atoms with Crippen molar-refractivity contribution in [3.05, 3.63) is 54.0 Å². The van der Waals surface area contributed by atoms with Gasteiger partial charge in [0.05, 0.1) is 0 Å². The van der Waals surface area contributed by atoms with E-state index in [2.05, 4.69) is 32.7 Å². The molecule has 0 radical (unpaired) electrons. The zero-order valence-electron chi connectivity index (χ0n) is 13.2. The van der Waals surface area contributed by atoms with Crippen LogP contribution in [0.2, 0.25) is 0 Å². The lowest BCUT2D eigenvalue weighted by molar-refractivity contribution is -0.121. The summed E-state index contributed by atoms with van der Waals surface area (Å²) in [6.07, 6.45) is 6.38. The topological polar surface area (TPSA) is 66.9 Å². The molecular formula is C18H22N4O. The van der Waals surface area contributed by atoms with E-state index in [0.29, 0.717) is 0 Å². The molecule has 2 aromatic rings. The third kappa shape index (κ3) is 4.52. The zero-order chi connectivity index (χ0) is 15.9. The fourth-order valence-electron chi connectivity index (χ4n) is 2.76. The number of aromatic nitrogens is 2. The van der Waals surface area contributed by atoms with E-state index >= 15 is 0 Å². The van der Waals surface area contributed by atoms with Crippen LogP contribution in [0.25, 0.3) is 0 Å². The zero-order valence-corrected chi connectivity index (χ0v) is 13.2. The number of benzene rings is 1. The largest absolute Gasteiger partial charge is 0.358 e. The van der Waals surface area contributed by atoms with Gasteiger partial charge in [0.1, 0.15) is 17.7 Å². The molecule has 0 spiro atoms. The predicted molar refractivity (Wildman–Crippen MR) is 90.2 cm³/mol. The minimum atomic E-state index is -0.200. The number of rotatable bonds is 5. The van der Waals surface area contributed by atoms with E-state index < -0.39 is 0 Å².